The molecule has 2 N–H and O–H groups in total. The molecule has 6 heteroatoms. The number of nitriles is 1. The van der Waals surface area contributed by atoms with E-state index in [2.05, 4.69) is 31.6 Å². The number of anilines is 1. The maximum absolute atomic E-state index is 9.20. The molecule has 0 radical (unpaired) electrons. The van der Waals surface area contributed by atoms with E-state index >= 15 is 0 Å². The highest BCUT2D eigenvalue weighted by atomic mass is 15.2. The zero-order valence-corrected chi connectivity index (χ0v) is 10.7. The van der Waals surface area contributed by atoms with Crippen molar-refractivity contribution in [2.24, 2.45) is 0 Å². The van der Waals surface area contributed by atoms with Crippen molar-refractivity contribution < 1.29 is 0 Å². The number of nitrogens with zero attached hydrogens (tertiary/aromatic N) is 4. The van der Waals surface area contributed by atoms with Gasteiger partial charge in [-0.1, -0.05) is 18.2 Å². The summed E-state index contributed by atoms with van der Waals surface area (Å²) in [6.07, 6.45) is 2.17. The number of aromatic amines is 1. The van der Waals surface area contributed by atoms with Crippen molar-refractivity contribution in [1.29, 1.82) is 5.26 Å². The van der Waals surface area contributed by atoms with Gasteiger partial charge in [0.2, 0.25) is 0 Å². The van der Waals surface area contributed by atoms with Crippen molar-refractivity contribution >= 4 is 16.7 Å². The first-order chi connectivity index (χ1) is 9.86. The fraction of sp³-hybridized carbons (Fsp3) is 0.143. The highest BCUT2D eigenvalue weighted by molar-refractivity contribution is 5.82. The SMILES string of the molecule is N#Cc1cc2ccccc2nc1NCCc1ncn[nH]1. The van der Waals surface area contributed by atoms with E-state index < -0.39 is 0 Å². The lowest BCUT2D eigenvalue weighted by Gasteiger charge is -2.07. The van der Waals surface area contributed by atoms with Crippen LogP contribution in [0, 0.1) is 11.3 Å². The monoisotopic (exact) mass is 264 g/mol. The van der Waals surface area contributed by atoms with Crippen LogP contribution < -0.4 is 5.32 Å². The molecule has 0 aliphatic rings. The van der Waals surface area contributed by atoms with Gasteiger partial charge in [0.1, 0.15) is 24.0 Å². The summed E-state index contributed by atoms with van der Waals surface area (Å²) in [5.74, 6) is 1.41. The molecule has 0 amide bonds. The third-order valence-corrected chi connectivity index (χ3v) is 2.96. The van der Waals surface area contributed by atoms with E-state index in [1.165, 1.54) is 6.33 Å². The lowest BCUT2D eigenvalue weighted by atomic mass is 10.1. The quantitative estimate of drug-likeness (QED) is 0.750. The first-order valence-electron chi connectivity index (χ1n) is 6.25. The molecule has 3 aromatic rings. The van der Waals surface area contributed by atoms with Gasteiger partial charge in [0.25, 0.3) is 0 Å². The van der Waals surface area contributed by atoms with Gasteiger partial charge in [0.05, 0.1) is 11.1 Å². The zero-order chi connectivity index (χ0) is 13.8. The fourth-order valence-corrected chi connectivity index (χ4v) is 1.99. The van der Waals surface area contributed by atoms with E-state index in [0.717, 1.165) is 16.7 Å². The predicted molar refractivity (Wildman–Crippen MR) is 75.0 cm³/mol. The van der Waals surface area contributed by atoms with Gasteiger partial charge in [0, 0.05) is 18.4 Å². The molecule has 2 aromatic heterocycles. The lowest BCUT2D eigenvalue weighted by Crippen LogP contribution is -2.09. The van der Waals surface area contributed by atoms with Crippen LogP contribution in [0.4, 0.5) is 5.82 Å². The van der Waals surface area contributed by atoms with Crippen molar-refractivity contribution in [2.75, 3.05) is 11.9 Å². The Morgan fingerprint density at radius 3 is 3.00 bits per heavy atom. The number of hydrogen-bond donors (Lipinski definition) is 2. The Labute approximate surface area is 115 Å². The number of pyridine rings is 1. The average Bonchev–Trinajstić information content (AvgIpc) is 3.00. The molecule has 0 saturated carbocycles. The second-order valence-corrected chi connectivity index (χ2v) is 4.30. The molecule has 0 bridgehead atoms. The summed E-state index contributed by atoms with van der Waals surface area (Å²) in [6.45, 7) is 0.634. The standard InChI is InChI=1S/C14H12N6/c15-8-11-7-10-3-1-2-4-12(10)19-14(11)16-6-5-13-17-9-18-20-13/h1-4,7,9H,5-6H2,(H,16,19)(H,17,18,20). The van der Waals surface area contributed by atoms with Gasteiger partial charge in [-0.05, 0) is 12.1 Å². The molecular formula is C14H12N6. The summed E-state index contributed by atoms with van der Waals surface area (Å²) in [6, 6.07) is 11.8. The number of fused-ring (bicyclic) bond motifs is 1. The summed E-state index contributed by atoms with van der Waals surface area (Å²) in [7, 11) is 0. The minimum atomic E-state index is 0.543. The number of H-pyrrole nitrogens is 1. The van der Waals surface area contributed by atoms with Crippen molar-refractivity contribution in [3.05, 3.63) is 48.0 Å². The Kier molecular flexibility index (Phi) is 3.25. The van der Waals surface area contributed by atoms with Crippen LogP contribution in [0.25, 0.3) is 10.9 Å². The van der Waals surface area contributed by atoms with Gasteiger partial charge in [-0.15, -0.1) is 0 Å². The van der Waals surface area contributed by atoms with Gasteiger partial charge in [-0.3, -0.25) is 5.10 Å². The topological polar surface area (TPSA) is 90.3 Å². The van der Waals surface area contributed by atoms with Crippen LogP contribution in [-0.4, -0.2) is 26.7 Å². The Bertz CT molecular complexity index is 757. The molecule has 0 aliphatic carbocycles. The molecule has 0 unspecified atom stereocenters. The van der Waals surface area contributed by atoms with E-state index in [0.29, 0.717) is 24.3 Å². The molecule has 6 nitrogen and oxygen atoms in total. The number of para-hydroxylation sites is 1. The van der Waals surface area contributed by atoms with Gasteiger partial charge in [-0.25, -0.2) is 9.97 Å². The first kappa shape index (κ1) is 12.1. The van der Waals surface area contributed by atoms with Crippen LogP contribution in [0.3, 0.4) is 0 Å². The minimum absolute atomic E-state index is 0.543. The molecule has 0 aliphatic heterocycles. The summed E-state index contributed by atoms with van der Waals surface area (Å²) >= 11 is 0. The lowest BCUT2D eigenvalue weighted by molar-refractivity contribution is 0.897. The average molecular weight is 264 g/mol. The zero-order valence-electron chi connectivity index (χ0n) is 10.7. The molecule has 98 valence electrons. The number of hydrogen-bond acceptors (Lipinski definition) is 5. The number of aromatic nitrogens is 4. The molecule has 20 heavy (non-hydrogen) atoms. The van der Waals surface area contributed by atoms with E-state index in [4.69, 9.17) is 0 Å². The molecule has 3 rings (SSSR count). The molecule has 0 saturated heterocycles. The second kappa shape index (κ2) is 5.36. The Morgan fingerprint density at radius 1 is 1.30 bits per heavy atom. The first-order valence-corrected chi connectivity index (χ1v) is 6.25. The normalized spacial score (nSPS) is 10.3. The van der Waals surface area contributed by atoms with Crippen LogP contribution >= 0.6 is 0 Å². The van der Waals surface area contributed by atoms with E-state index in [-0.39, 0.29) is 0 Å². The maximum atomic E-state index is 9.20. The van der Waals surface area contributed by atoms with Crippen molar-refractivity contribution in [3.8, 4) is 6.07 Å². The predicted octanol–water partition coefficient (Wildman–Crippen LogP) is 1.88. The summed E-state index contributed by atoms with van der Waals surface area (Å²) in [5.41, 5.74) is 1.41. The molecule has 0 spiro atoms. The van der Waals surface area contributed by atoms with Crippen molar-refractivity contribution in [2.45, 2.75) is 6.42 Å². The third-order valence-electron chi connectivity index (χ3n) is 2.96. The molecule has 0 atom stereocenters. The Morgan fingerprint density at radius 2 is 2.20 bits per heavy atom. The van der Waals surface area contributed by atoms with Crippen LogP contribution in [0.1, 0.15) is 11.4 Å². The number of nitrogens with one attached hydrogen (secondary N) is 2. The fourth-order valence-electron chi connectivity index (χ4n) is 1.99. The molecule has 1 aromatic carbocycles. The molecular weight excluding hydrogens is 252 g/mol. The highest BCUT2D eigenvalue weighted by Gasteiger charge is 2.06. The van der Waals surface area contributed by atoms with Gasteiger partial charge in [-0.2, -0.15) is 10.4 Å². The Hall–Kier alpha value is -2.94. The molecule has 2 heterocycles. The van der Waals surface area contributed by atoms with Crippen LogP contribution in [0.15, 0.2) is 36.7 Å². The van der Waals surface area contributed by atoms with Crippen LogP contribution in [-0.2, 0) is 6.42 Å². The van der Waals surface area contributed by atoms with Gasteiger partial charge >= 0.3 is 0 Å². The van der Waals surface area contributed by atoms with Gasteiger partial charge in [0.15, 0.2) is 0 Å². The van der Waals surface area contributed by atoms with Crippen molar-refractivity contribution in [1.82, 2.24) is 20.2 Å². The largest absolute Gasteiger partial charge is 0.369 e. The van der Waals surface area contributed by atoms with Crippen molar-refractivity contribution in [3.63, 3.8) is 0 Å². The van der Waals surface area contributed by atoms with E-state index in [9.17, 15) is 5.26 Å². The third kappa shape index (κ3) is 2.42. The van der Waals surface area contributed by atoms with E-state index in [1.54, 1.807) is 0 Å². The smallest absolute Gasteiger partial charge is 0.144 e. The van der Waals surface area contributed by atoms with Crippen LogP contribution in [0.5, 0.6) is 0 Å². The maximum Gasteiger partial charge on any atom is 0.144 e. The minimum Gasteiger partial charge on any atom is -0.369 e. The number of rotatable bonds is 4. The Balaban J connectivity index is 1.81. The van der Waals surface area contributed by atoms with E-state index in [1.807, 2.05) is 30.3 Å². The number of benzene rings is 1. The summed E-state index contributed by atoms with van der Waals surface area (Å²) in [5, 5.41) is 19.9. The molecule has 0 fully saturated rings. The summed E-state index contributed by atoms with van der Waals surface area (Å²) in [4.78, 5) is 8.53. The highest BCUT2D eigenvalue weighted by Crippen LogP contribution is 2.19. The second-order valence-electron chi connectivity index (χ2n) is 4.30. The summed E-state index contributed by atoms with van der Waals surface area (Å²) < 4.78 is 0. The van der Waals surface area contributed by atoms with Crippen LogP contribution in [0.2, 0.25) is 0 Å². The van der Waals surface area contributed by atoms with Gasteiger partial charge < -0.3 is 5.32 Å².